The highest BCUT2D eigenvalue weighted by atomic mass is 35.5. The number of hydrogen-bond acceptors (Lipinski definition) is 10. The third-order valence-electron chi connectivity index (χ3n) is 7.82. The van der Waals surface area contributed by atoms with Gasteiger partial charge in [-0.15, -0.1) is 0 Å². The number of amides is 1. The minimum Gasteiger partial charge on any atom is -0.494 e. The molecule has 1 fully saturated rings. The van der Waals surface area contributed by atoms with Crippen molar-refractivity contribution in [3.63, 3.8) is 0 Å². The Morgan fingerprint density at radius 1 is 1.04 bits per heavy atom. The molecule has 1 atom stereocenters. The second-order valence-electron chi connectivity index (χ2n) is 12.0. The number of nitrogens with zero attached hydrogens (tertiary/aromatic N) is 8. The SMILES string of the molecule is COc1ccc(-c2nn(C(C)c3nc4cccc(Cl)c4c(=O)n3N3CCN(C(=O)OC(C)(C)C)CC3)c3ncnc(N)c23)c(F)c1F. The topological polar surface area (TPSA) is 147 Å². The quantitative estimate of drug-likeness (QED) is 0.284. The number of rotatable bonds is 5. The van der Waals surface area contributed by atoms with E-state index in [2.05, 4.69) is 15.1 Å². The summed E-state index contributed by atoms with van der Waals surface area (Å²) in [6.07, 6.45) is 0.779. The van der Waals surface area contributed by atoms with Crippen LogP contribution in [0.3, 0.4) is 0 Å². The lowest BCUT2D eigenvalue weighted by Crippen LogP contribution is -2.57. The summed E-state index contributed by atoms with van der Waals surface area (Å²) in [7, 11) is 1.23. The van der Waals surface area contributed by atoms with Gasteiger partial charge in [0.15, 0.2) is 23.0 Å². The number of aromatic nitrogens is 6. The van der Waals surface area contributed by atoms with E-state index in [-0.39, 0.29) is 76.3 Å². The van der Waals surface area contributed by atoms with Crippen LogP contribution < -0.4 is 21.0 Å². The Kier molecular flexibility index (Phi) is 8.11. The molecule has 5 aromatic rings. The molecule has 16 heteroatoms. The standard InChI is InChI=1S/C31H32ClF2N9O4/c1-16(42-28-22(26(35)36-15-37-28)25(39-42)17-9-10-20(46-5)24(34)23(17)33)27-38-19-8-6-7-18(32)21(19)29(44)43(27)41-13-11-40(12-14-41)30(45)47-31(2,3)4/h6-10,15-16H,11-14H2,1-5H3,(H2,35,36,37). The highest BCUT2D eigenvalue weighted by Crippen LogP contribution is 2.36. The van der Waals surface area contributed by atoms with Crippen LogP contribution in [0.15, 0.2) is 41.5 Å². The largest absolute Gasteiger partial charge is 0.494 e. The molecular weight excluding hydrogens is 636 g/mol. The zero-order valence-corrected chi connectivity index (χ0v) is 27.0. The van der Waals surface area contributed by atoms with E-state index in [0.29, 0.717) is 5.52 Å². The van der Waals surface area contributed by atoms with Crippen LogP contribution in [0.2, 0.25) is 5.02 Å². The van der Waals surface area contributed by atoms with Gasteiger partial charge in [-0.1, -0.05) is 17.7 Å². The van der Waals surface area contributed by atoms with Crippen LogP contribution in [-0.2, 0) is 4.74 Å². The first-order chi connectivity index (χ1) is 22.3. The molecule has 1 aliphatic rings. The number of methoxy groups -OCH3 is 1. The number of fused-ring (bicyclic) bond motifs is 2. The van der Waals surface area contributed by atoms with Crippen LogP contribution >= 0.6 is 11.6 Å². The number of ether oxygens (including phenoxy) is 2. The van der Waals surface area contributed by atoms with E-state index in [1.807, 2.05) is 0 Å². The Morgan fingerprint density at radius 3 is 2.45 bits per heavy atom. The highest BCUT2D eigenvalue weighted by molar-refractivity contribution is 6.35. The van der Waals surface area contributed by atoms with Crippen molar-refractivity contribution in [3.05, 3.63) is 69.5 Å². The average Bonchev–Trinajstić information content (AvgIpc) is 3.42. The molecule has 0 saturated carbocycles. The van der Waals surface area contributed by atoms with Crippen LogP contribution in [0.25, 0.3) is 33.2 Å². The lowest BCUT2D eigenvalue weighted by Gasteiger charge is -2.38. The van der Waals surface area contributed by atoms with Gasteiger partial charge in [0.05, 0.1) is 41.5 Å². The Balaban J connectivity index is 1.49. The highest BCUT2D eigenvalue weighted by Gasteiger charge is 2.31. The van der Waals surface area contributed by atoms with E-state index < -0.39 is 34.9 Å². The summed E-state index contributed by atoms with van der Waals surface area (Å²) in [5.74, 6) is -2.41. The predicted molar refractivity (Wildman–Crippen MR) is 172 cm³/mol. The van der Waals surface area contributed by atoms with E-state index >= 15 is 4.39 Å². The Hall–Kier alpha value is -5.05. The monoisotopic (exact) mass is 667 g/mol. The third kappa shape index (κ3) is 5.64. The van der Waals surface area contributed by atoms with Gasteiger partial charge < -0.3 is 25.1 Å². The minimum atomic E-state index is -1.19. The van der Waals surface area contributed by atoms with Crippen molar-refractivity contribution in [1.82, 2.24) is 34.3 Å². The molecular formula is C31H32ClF2N9O4. The van der Waals surface area contributed by atoms with E-state index in [4.69, 9.17) is 31.8 Å². The van der Waals surface area contributed by atoms with Crippen molar-refractivity contribution in [2.45, 2.75) is 39.3 Å². The minimum absolute atomic E-state index is 0.00650. The maximum Gasteiger partial charge on any atom is 0.410 e. The Bertz CT molecular complexity index is 2090. The molecule has 2 N–H and O–H groups in total. The second-order valence-corrected chi connectivity index (χ2v) is 12.4. The molecule has 1 amide bonds. The lowest BCUT2D eigenvalue weighted by molar-refractivity contribution is 0.0231. The molecule has 47 heavy (non-hydrogen) atoms. The number of carbonyl (C=O) groups excluding carboxylic acids is 1. The summed E-state index contributed by atoms with van der Waals surface area (Å²) in [5.41, 5.74) is 5.52. The van der Waals surface area contributed by atoms with Gasteiger partial charge in [0.2, 0.25) is 5.82 Å². The first-order valence-electron chi connectivity index (χ1n) is 14.8. The lowest BCUT2D eigenvalue weighted by atomic mass is 10.1. The number of piperazine rings is 1. The Labute approximate surface area is 272 Å². The van der Waals surface area contributed by atoms with Gasteiger partial charge in [-0.25, -0.2) is 33.5 Å². The van der Waals surface area contributed by atoms with Crippen LogP contribution in [-0.4, -0.2) is 79.3 Å². The average molecular weight is 668 g/mol. The predicted octanol–water partition coefficient (Wildman–Crippen LogP) is 4.52. The number of halogens is 3. The molecule has 0 radical (unpaired) electrons. The van der Waals surface area contributed by atoms with Gasteiger partial charge >= 0.3 is 6.09 Å². The fraction of sp³-hybridized carbons (Fsp3) is 0.355. The van der Waals surface area contributed by atoms with Crippen molar-refractivity contribution in [2.24, 2.45) is 0 Å². The fourth-order valence-corrected chi connectivity index (χ4v) is 5.83. The van der Waals surface area contributed by atoms with E-state index in [0.717, 1.165) is 0 Å². The van der Waals surface area contributed by atoms with Crippen LogP contribution in [0.5, 0.6) is 5.75 Å². The molecule has 2 aromatic carbocycles. The Morgan fingerprint density at radius 2 is 1.77 bits per heavy atom. The fourth-order valence-electron chi connectivity index (χ4n) is 5.58. The zero-order valence-electron chi connectivity index (χ0n) is 26.3. The number of nitrogen functional groups attached to an aromatic ring is 1. The normalized spacial score (nSPS) is 14.6. The molecule has 1 aliphatic heterocycles. The maximum absolute atomic E-state index is 15.4. The smallest absolute Gasteiger partial charge is 0.410 e. The van der Waals surface area contributed by atoms with Crippen LogP contribution in [0.1, 0.15) is 39.6 Å². The molecule has 3 aromatic heterocycles. The van der Waals surface area contributed by atoms with Crippen molar-refractivity contribution in [2.75, 3.05) is 44.0 Å². The van der Waals surface area contributed by atoms with Gasteiger partial charge in [-0.05, 0) is 52.0 Å². The van der Waals surface area contributed by atoms with E-state index in [1.165, 1.54) is 34.9 Å². The molecule has 0 bridgehead atoms. The summed E-state index contributed by atoms with van der Waals surface area (Å²) in [6.45, 7) is 8.21. The second kappa shape index (κ2) is 12.0. The number of carbonyl (C=O) groups is 1. The van der Waals surface area contributed by atoms with Crippen LogP contribution in [0.4, 0.5) is 19.4 Å². The number of benzene rings is 2. The van der Waals surface area contributed by atoms with Crippen LogP contribution in [0, 0.1) is 11.6 Å². The van der Waals surface area contributed by atoms with Gasteiger partial charge in [0.1, 0.15) is 29.5 Å². The van der Waals surface area contributed by atoms with E-state index in [1.54, 1.807) is 55.8 Å². The summed E-state index contributed by atoms with van der Waals surface area (Å²) in [6, 6.07) is 6.77. The number of hydrogen-bond donors (Lipinski definition) is 1. The summed E-state index contributed by atoms with van der Waals surface area (Å²) in [5, 5.41) is 7.06. The number of anilines is 1. The molecule has 4 heterocycles. The molecule has 0 spiro atoms. The van der Waals surface area contributed by atoms with E-state index in [9.17, 15) is 14.0 Å². The van der Waals surface area contributed by atoms with Gasteiger partial charge in [0, 0.05) is 18.7 Å². The molecule has 0 aliphatic carbocycles. The molecule has 1 unspecified atom stereocenters. The summed E-state index contributed by atoms with van der Waals surface area (Å²) >= 11 is 6.50. The van der Waals surface area contributed by atoms with Gasteiger partial charge in [-0.3, -0.25) is 4.79 Å². The van der Waals surface area contributed by atoms with Crippen molar-refractivity contribution in [1.29, 1.82) is 0 Å². The summed E-state index contributed by atoms with van der Waals surface area (Å²) in [4.78, 5) is 41.8. The van der Waals surface area contributed by atoms with Crippen molar-refractivity contribution < 1.29 is 23.0 Å². The molecule has 246 valence electrons. The van der Waals surface area contributed by atoms with Crippen molar-refractivity contribution in [3.8, 4) is 17.0 Å². The first kappa shape index (κ1) is 31.9. The molecule has 1 saturated heterocycles. The van der Waals surface area contributed by atoms with Crippen molar-refractivity contribution >= 4 is 45.4 Å². The number of nitrogens with two attached hydrogens (primary N) is 1. The molecule has 13 nitrogen and oxygen atoms in total. The zero-order chi connectivity index (χ0) is 33.8. The third-order valence-corrected chi connectivity index (χ3v) is 8.14. The first-order valence-corrected chi connectivity index (χ1v) is 15.1. The van der Waals surface area contributed by atoms with Gasteiger partial charge in [0.25, 0.3) is 5.56 Å². The molecule has 6 rings (SSSR count). The maximum atomic E-state index is 15.4. The van der Waals surface area contributed by atoms with Gasteiger partial charge in [-0.2, -0.15) is 9.49 Å². The summed E-state index contributed by atoms with van der Waals surface area (Å²) < 4.78 is 43.5.